The molecule has 0 radical (unpaired) electrons. The molecule has 1 rings (SSSR count). The van der Waals surface area contributed by atoms with Crippen LogP contribution >= 0.6 is 0 Å². The number of amides is 1. The standard InChI is InChI=1S/C14H20N2O2/c1-4-7-15-14(18)9-16(3)13-6-5-12(10-17)11(2)8-13/h5-6,8,10H,4,7,9H2,1-3H3,(H,15,18). The zero-order chi connectivity index (χ0) is 13.5. The van der Waals surface area contributed by atoms with Crippen LogP contribution in [0.15, 0.2) is 18.2 Å². The molecule has 0 spiro atoms. The smallest absolute Gasteiger partial charge is 0.239 e. The van der Waals surface area contributed by atoms with E-state index in [-0.39, 0.29) is 5.91 Å². The van der Waals surface area contributed by atoms with Gasteiger partial charge in [0, 0.05) is 24.8 Å². The second-order valence-electron chi connectivity index (χ2n) is 4.36. The fourth-order valence-corrected chi connectivity index (χ4v) is 1.66. The van der Waals surface area contributed by atoms with Gasteiger partial charge in [-0.3, -0.25) is 9.59 Å². The van der Waals surface area contributed by atoms with Crippen LogP contribution in [0, 0.1) is 6.92 Å². The minimum atomic E-state index is 0.0106. The van der Waals surface area contributed by atoms with E-state index in [0.717, 1.165) is 24.0 Å². The number of aldehydes is 1. The van der Waals surface area contributed by atoms with Gasteiger partial charge in [-0.2, -0.15) is 0 Å². The summed E-state index contributed by atoms with van der Waals surface area (Å²) in [5, 5.41) is 2.83. The Morgan fingerprint density at radius 1 is 1.44 bits per heavy atom. The molecular formula is C14H20N2O2. The number of benzene rings is 1. The molecule has 18 heavy (non-hydrogen) atoms. The van der Waals surface area contributed by atoms with Gasteiger partial charge in [0.15, 0.2) is 0 Å². The third-order valence-electron chi connectivity index (χ3n) is 2.77. The Labute approximate surface area is 108 Å². The molecule has 0 aromatic heterocycles. The molecule has 0 aliphatic carbocycles. The molecule has 4 heteroatoms. The molecule has 0 fully saturated rings. The summed E-state index contributed by atoms with van der Waals surface area (Å²) in [7, 11) is 1.86. The number of rotatable bonds is 6. The molecule has 0 aliphatic heterocycles. The lowest BCUT2D eigenvalue weighted by Gasteiger charge is -2.19. The largest absolute Gasteiger partial charge is 0.365 e. The first-order valence-corrected chi connectivity index (χ1v) is 6.12. The van der Waals surface area contributed by atoms with Crippen molar-refractivity contribution in [1.82, 2.24) is 5.32 Å². The van der Waals surface area contributed by atoms with E-state index in [1.807, 2.05) is 37.9 Å². The summed E-state index contributed by atoms with van der Waals surface area (Å²) in [6.07, 6.45) is 1.77. The van der Waals surface area contributed by atoms with Crippen LogP contribution in [-0.4, -0.2) is 32.3 Å². The topological polar surface area (TPSA) is 49.4 Å². The SMILES string of the molecule is CCCNC(=O)CN(C)c1ccc(C=O)c(C)c1. The van der Waals surface area contributed by atoms with E-state index in [0.29, 0.717) is 18.7 Å². The Hall–Kier alpha value is -1.84. The number of anilines is 1. The molecule has 1 N–H and O–H groups in total. The number of hydrogen-bond donors (Lipinski definition) is 1. The van der Waals surface area contributed by atoms with Gasteiger partial charge in [0.2, 0.25) is 5.91 Å². The van der Waals surface area contributed by atoms with Crippen molar-refractivity contribution >= 4 is 17.9 Å². The van der Waals surface area contributed by atoms with Gasteiger partial charge in [-0.25, -0.2) is 0 Å². The van der Waals surface area contributed by atoms with Crippen molar-refractivity contribution in [3.05, 3.63) is 29.3 Å². The van der Waals surface area contributed by atoms with Crippen molar-refractivity contribution in [2.24, 2.45) is 0 Å². The third-order valence-corrected chi connectivity index (χ3v) is 2.77. The number of carbonyl (C=O) groups is 2. The zero-order valence-corrected chi connectivity index (χ0v) is 11.2. The van der Waals surface area contributed by atoms with Gasteiger partial charge in [-0.15, -0.1) is 0 Å². The first kappa shape index (κ1) is 14.2. The fourth-order valence-electron chi connectivity index (χ4n) is 1.66. The van der Waals surface area contributed by atoms with Crippen molar-refractivity contribution in [1.29, 1.82) is 0 Å². The van der Waals surface area contributed by atoms with Crippen LogP contribution in [-0.2, 0) is 4.79 Å². The monoisotopic (exact) mass is 248 g/mol. The second kappa shape index (κ2) is 6.79. The van der Waals surface area contributed by atoms with Gasteiger partial charge in [-0.1, -0.05) is 6.92 Å². The average Bonchev–Trinajstić information content (AvgIpc) is 2.36. The first-order valence-electron chi connectivity index (χ1n) is 6.12. The number of hydrogen-bond acceptors (Lipinski definition) is 3. The summed E-state index contributed by atoms with van der Waals surface area (Å²) < 4.78 is 0. The van der Waals surface area contributed by atoms with E-state index >= 15 is 0 Å². The number of aryl methyl sites for hydroxylation is 1. The Balaban J connectivity index is 2.66. The van der Waals surface area contributed by atoms with Crippen LogP contribution in [0.5, 0.6) is 0 Å². The van der Waals surface area contributed by atoms with Crippen LogP contribution in [0.4, 0.5) is 5.69 Å². The molecule has 4 nitrogen and oxygen atoms in total. The van der Waals surface area contributed by atoms with Gasteiger partial charge in [0.1, 0.15) is 6.29 Å². The van der Waals surface area contributed by atoms with Crippen LogP contribution in [0.1, 0.15) is 29.3 Å². The lowest BCUT2D eigenvalue weighted by atomic mass is 10.1. The van der Waals surface area contributed by atoms with Gasteiger partial charge >= 0.3 is 0 Å². The van der Waals surface area contributed by atoms with Gasteiger partial charge in [0.25, 0.3) is 0 Å². The molecule has 0 heterocycles. The van der Waals surface area contributed by atoms with E-state index in [4.69, 9.17) is 0 Å². The molecule has 98 valence electrons. The lowest BCUT2D eigenvalue weighted by Crippen LogP contribution is -2.35. The Bertz CT molecular complexity index is 430. The summed E-state index contributed by atoms with van der Waals surface area (Å²) in [6, 6.07) is 5.54. The molecule has 1 amide bonds. The maximum atomic E-state index is 11.6. The van der Waals surface area contributed by atoms with E-state index in [1.54, 1.807) is 6.07 Å². The first-order chi connectivity index (χ1) is 8.58. The minimum Gasteiger partial charge on any atom is -0.365 e. The summed E-state index contributed by atoms with van der Waals surface area (Å²) in [5.74, 6) is 0.0106. The van der Waals surface area contributed by atoms with Crippen LogP contribution < -0.4 is 10.2 Å². The lowest BCUT2D eigenvalue weighted by molar-refractivity contribution is -0.119. The van der Waals surface area contributed by atoms with E-state index < -0.39 is 0 Å². The zero-order valence-electron chi connectivity index (χ0n) is 11.2. The molecule has 0 unspecified atom stereocenters. The Morgan fingerprint density at radius 2 is 2.17 bits per heavy atom. The van der Waals surface area contributed by atoms with Crippen molar-refractivity contribution in [2.75, 3.05) is 25.0 Å². The maximum absolute atomic E-state index is 11.6. The number of likely N-dealkylation sites (N-methyl/N-ethyl adjacent to an activating group) is 1. The number of carbonyl (C=O) groups excluding carboxylic acids is 2. The van der Waals surface area contributed by atoms with Crippen LogP contribution in [0.25, 0.3) is 0 Å². The normalized spacial score (nSPS) is 9.94. The molecule has 1 aromatic rings. The highest BCUT2D eigenvalue weighted by Crippen LogP contribution is 2.16. The molecular weight excluding hydrogens is 228 g/mol. The van der Waals surface area contributed by atoms with Crippen molar-refractivity contribution in [3.63, 3.8) is 0 Å². The minimum absolute atomic E-state index is 0.0106. The van der Waals surface area contributed by atoms with Crippen molar-refractivity contribution in [3.8, 4) is 0 Å². The molecule has 0 atom stereocenters. The van der Waals surface area contributed by atoms with Gasteiger partial charge in [0.05, 0.1) is 6.54 Å². The summed E-state index contributed by atoms with van der Waals surface area (Å²) in [5.41, 5.74) is 2.54. The summed E-state index contributed by atoms with van der Waals surface area (Å²) in [4.78, 5) is 24.2. The van der Waals surface area contributed by atoms with Crippen LogP contribution in [0.2, 0.25) is 0 Å². The third kappa shape index (κ3) is 3.87. The average molecular weight is 248 g/mol. The van der Waals surface area contributed by atoms with Crippen LogP contribution in [0.3, 0.4) is 0 Å². The quantitative estimate of drug-likeness (QED) is 0.781. The van der Waals surface area contributed by atoms with Gasteiger partial charge < -0.3 is 10.2 Å². The van der Waals surface area contributed by atoms with E-state index in [1.165, 1.54) is 0 Å². The van der Waals surface area contributed by atoms with E-state index in [9.17, 15) is 9.59 Å². The summed E-state index contributed by atoms with van der Waals surface area (Å²) in [6.45, 7) is 4.93. The Kier molecular flexibility index (Phi) is 5.36. The van der Waals surface area contributed by atoms with E-state index in [2.05, 4.69) is 5.32 Å². The molecule has 0 saturated heterocycles. The molecule has 0 saturated carbocycles. The molecule has 1 aromatic carbocycles. The van der Waals surface area contributed by atoms with Crippen molar-refractivity contribution < 1.29 is 9.59 Å². The predicted molar refractivity (Wildman–Crippen MR) is 73.1 cm³/mol. The molecule has 0 bridgehead atoms. The molecule has 0 aliphatic rings. The number of nitrogens with zero attached hydrogens (tertiary/aromatic N) is 1. The highest BCUT2D eigenvalue weighted by molar-refractivity contribution is 5.82. The fraction of sp³-hybridized carbons (Fsp3) is 0.429. The highest BCUT2D eigenvalue weighted by Gasteiger charge is 2.08. The van der Waals surface area contributed by atoms with Crippen molar-refractivity contribution in [2.45, 2.75) is 20.3 Å². The second-order valence-corrected chi connectivity index (χ2v) is 4.36. The number of nitrogens with one attached hydrogen (secondary N) is 1. The Morgan fingerprint density at radius 3 is 2.72 bits per heavy atom. The maximum Gasteiger partial charge on any atom is 0.239 e. The highest BCUT2D eigenvalue weighted by atomic mass is 16.2. The summed E-state index contributed by atoms with van der Waals surface area (Å²) >= 11 is 0. The predicted octanol–water partition coefficient (Wildman–Crippen LogP) is 1.77. The van der Waals surface area contributed by atoms with Gasteiger partial charge in [-0.05, 0) is 37.1 Å².